The average Bonchev–Trinajstić information content (AvgIpc) is 1.60. The van der Waals surface area contributed by atoms with E-state index in [1.165, 1.54) is 6.92 Å². The predicted octanol–water partition coefficient (Wildman–Crippen LogP) is -1.09. The molecule has 0 saturated heterocycles. The molecule has 0 aromatic heterocycles. The van der Waals surface area contributed by atoms with Gasteiger partial charge in [0.25, 0.3) is 0 Å². The van der Waals surface area contributed by atoms with Crippen LogP contribution in [0, 0.1) is 0 Å². The Hall–Kier alpha value is 0.0700. The Bertz CT molecular complexity index is 139. The smallest absolute Gasteiger partial charge is 0.328 e. The number of aliphatic hydroxyl groups is 2. The molecule has 0 aromatic rings. The van der Waals surface area contributed by atoms with Gasteiger partial charge >= 0.3 is 7.60 Å². The van der Waals surface area contributed by atoms with Crippen LogP contribution in [-0.4, -0.2) is 38.4 Å². The minimum absolute atomic E-state index is 0.690. The topological polar surface area (TPSA) is 98.0 Å². The van der Waals surface area contributed by atoms with Gasteiger partial charge in [0, 0.05) is 0 Å². The lowest BCUT2D eigenvalue weighted by Crippen LogP contribution is -2.26. The molecule has 0 aliphatic rings. The van der Waals surface area contributed by atoms with Crippen molar-refractivity contribution in [1.29, 1.82) is 0 Å². The van der Waals surface area contributed by atoms with Gasteiger partial charge in [0.1, 0.15) is 0 Å². The van der Waals surface area contributed by atoms with Crippen LogP contribution in [0.15, 0.2) is 0 Å². The summed E-state index contributed by atoms with van der Waals surface area (Å²) in [6.07, 6.45) is -3.14. The Labute approximate surface area is 58.5 Å². The van der Waals surface area contributed by atoms with Crippen LogP contribution in [0.1, 0.15) is 6.92 Å². The molecular formula is C4H11O5P. The first kappa shape index (κ1) is 10.1. The fraction of sp³-hybridized carbons (Fsp3) is 1.00. The highest BCUT2D eigenvalue weighted by Gasteiger charge is 2.22. The molecule has 62 valence electrons. The quantitative estimate of drug-likeness (QED) is 0.403. The third-order valence-corrected chi connectivity index (χ3v) is 1.83. The summed E-state index contributed by atoms with van der Waals surface area (Å²) in [4.78, 5) is 16.6. The van der Waals surface area contributed by atoms with Crippen LogP contribution in [0.25, 0.3) is 0 Å². The normalized spacial score (nSPS) is 18.5. The van der Waals surface area contributed by atoms with Crippen molar-refractivity contribution in [3.63, 3.8) is 0 Å². The second-order valence-electron chi connectivity index (χ2n) is 2.16. The molecule has 2 atom stereocenters. The second kappa shape index (κ2) is 3.46. The molecule has 0 spiro atoms. The molecule has 0 rings (SSSR count). The zero-order chi connectivity index (χ0) is 8.36. The zero-order valence-electron chi connectivity index (χ0n) is 5.51. The maximum absolute atomic E-state index is 10.2. The number of rotatable bonds is 3. The van der Waals surface area contributed by atoms with Crippen molar-refractivity contribution in [1.82, 2.24) is 0 Å². The van der Waals surface area contributed by atoms with Gasteiger partial charge in [0.2, 0.25) is 0 Å². The molecule has 0 radical (unpaired) electrons. The first-order valence-corrected chi connectivity index (χ1v) is 4.53. The minimum atomic E-state index is -4.19. The Kier molecular flexibility index (Phi) is 3.48. The molecule has 0 aromatic carbocycles. The van der Waals surface area contributed by atoms with E-state index in [4.69, 9.17) is 20.0 Å². The summed E-state index contributed by atoms with van der Waals surface area (Å²) >= 11 is 0. The number of hydrogen-bond acceptors (Lipinski definition) is 3. The molecule has 0 aliphatic carbocycles. The molecule has 5 nitrogen and oxygen atoms in total. The number of aliphatic hydroxyl groups excluding tert-OH is 2. The molecule has 0 saturated carbocycles. The van der Waals surface area contributed by atoms with Crippen LogP contribution in [-0.2, 0) is 4.57 Å². The molecule has 4 N–H and O–H groups in total. The molecule has 0 aliphatic heterocycles. The Morgan fingerprint density at radius 3 is 1.90 bits per heavy atom. The van der Waals surface area contributed by atoms with Crippen molar-refractivity contribution in [2.24, 2.45) is 0 Å². The lowest BCUT2D eigenvalue weighted by Gasteiger charge is -2.13. The summed E-state index contributed by atoms with van der Waals surface area (Å²) < 4.78 is 10.2. The lowest BCUT2D eigenvalue weighted by molar-refractivity contribution is 0.0429. The van der Waals surface area contributed by atoms with Gasteiger partial charge in [-0.2, -0.15) is 0 Å². The molecule has 0 amide bonds. The van der Waals surface area contributed by atoms with E-state index in [9.17, 15) is 4.57 Å². The highest BCUT2D eigenvalue weighted by atomic mass is 31.2. The van der Waals surface area contributed by atoms with E-state index in [2.05, 4.69) is 0 Å². The van der Waals surface area contributed by atoms with E-state index in [0.717, 1.165) is 0 Å². The average molecular weight is 170 g/mol. The van der Waals surface area contributed by atoms with Crippen LogP contribution in [0.3, 0.4) is 0 Å². The Morgan fingerprint density at radius 2 is 1.80 bits per heavy atom. The van der Waals surface area contributed by atoms with E-state index in [-0.39, 0.29) is 0 Å². The Balaban J connectivity index is 3.80. The number of hydrogen-bond donors (Lipinski definition) is 4. The van der Waals surface area contributed by atoms with Gasteiger partial charge in [0.15, 0.2) is 0 Å². The van der Waals surface area contributed by atoms with E-state index in [1.807, 2.05) is 0 Å². The van der Waals surface area contributed by atoms with Crippen molar-refractivity contribution >= 4 is 7.60 Å². The van der Waals surface area contributed by atoms with Crippen LogP contribution < -0.4 is 0 Å². The highest BCUT2D eigenvalue weighted by Crippen LogP contribution is 2.35. The van der Waals surface area contributed by atoms with Gasteiger partial charge in [-0.3, -0.25) is 4.57 Å². The molecule has 0 unspecified atom stereocenters. The lowest BCUT2D eigenvalue weighted by atomic mass is 10.3. The molecular weight excluding hydrogens is 159 g/mol. The summed E-state index contributed by atoms with van der Waals surface area (Å²) in [5, 5.41) is 17.3. The van der Waals surface area contributed by atoms with Crippen molar-refractivity contribution in [3.8, 4) is 0 Å². The molecule has 6 heteroatoms. The van der Waals surface area contributed by atoms with Gasteiger partial charge in [-0.15, -0.1) is 0 Å². The zero-order valence-corrected chi connectivity index (χ0v) is 6.40. The molecule has 0 fully saturated rings. The summed E-state index contributed by atoms with van der Waals surface area (Å²) in [7, 11) is -4.19. The maximum Gasteiger partial charge on any atom is 0.328 e. The van der Waals surface area contributed by atoms with Gasteiger partial charge in [-0.25, -0.2) is 0 Å². The fourth-order valence-electron chi connectivity index (χ4n) is 0.396. The summed E-state index contributed by atoms with van der Waals surface area (Å²) in [5.74, 6) is 0. The SMILES string of the molecule is C[C@H](O)[C@@H](O)CP(=O)(O)O. The van der Waals surface area contributed by atoms with E-state index < -0.39 is 26.0 Å². The predicted molar refractivity (Wildman–Crippen MR) is 34.6 cm³/mol. The van der Waals surface area contributed by atoms with E-state index in [0.29, 0.717) is 0 Å². The Morgan fingerprint density at radius 1 is 1.40 bits per heavy atom. The second-order valence-corrected chi connectivity index (χ2v) is 3.85. The van der Waals surface area contributed by atoms with Crippen LogP contribution in [0.5, 0.6) is 0 Å². The molecule has 0 heterocycles. The first-order valence-electron chi connectivity index (χ1n) is 2.73. The summed E-state index contributed by atoms with van der Waals surface area (Å²) in [6, 6.07) is 0. The van der Waals surface area contributed by atoms with E-state index >= 15 is 0 Å². The van der Waals surface area contributed by atoms with Crippen LogP contribution in [0.4, 0.5) is 0 Å². The van der Waals surface area contributed by atoms with Crippen LogP contribution >= 0.6 is 7.60 Å². The molecule has 0 bridgehead atoms. The van der Waals surface area contributed by atoms with Crippen molar-refractivity contribution in [2.45, 2.75) is 19.1 Å². The van der Waals surface area contributed by atoms with Gasteiger partial charge in [0.05, 0.1) is 18.4 Å². The highest BCUT2D eigenvalue weighted by molar-refractivity contribution is 7.51. The van der Waals surface area contributed by atoms with Crippen molar-refractivity contribution in [2.75, 3.05) is 6.16 Å². The third-order valence-electron chi connectivity index (χ3n) is 0.982. The maximum atomic E-state index is 10.2. The molecule has 10 heavy (non-hydrogen) atoms. The summed E-state index contributed by atoms with van der Waals surface area (Å²) in [6.45, 7) is 1.26. The minimum Gasteiger partial charge on any atom is -0.391 e. The largest absolute Gasteiger partial charge is 0.391 e. The third kappa shape index (κ3) is 4.90. The van der Waals surface area contributed by atoms with E-state index in [1.54, 1.807) is 0 Å². The van der Waals surface area contributed by atoms with Crippen molar-refractivity contribution in [3.05, 3.63) is 0 Å². The van der Waals surface area contributed by atoms with Gasteiger partial charge < -0.3 is 20.0 Å². The summed E-state index contributed by atoms with van der Waals surface area (Å²) in [5.41, 5.74) is 0. The standard InChI is InChI=1S/C4H11O5P/c1-3(5)4(6)2-10(7,8)9/h3-6H,2H2,1H3,(H2,7,8,9)/t3-,4-/m0/s1. The van der Waals surface area contributed by atoms with Gasteiger partial charge in [-0.05, 0) is 6.92 Å². The van der Waals surface area contributed by atoms with Crippen molar-refractivity contribution < 1.29 is 24.6 Å². The first-order chi connectivity index (χ1) is 4.33. The van der Waals surface area contributed by atoms with Gasteiger partial charge in [-0.1, -0.05) is 0 Å². The fourth-order valence-corrected chi connectivity index (χ4v) is 1.19. The monoisotopic (exact) mass is 170 g/mol. The van der Waals surface area contributed by atoms with Crippen LogP contribution in [0.2, 0.25) is 0 Å².